The Hall–Kier alpha value is -0.120. The summed E-state index contributed by atoms with van der Waals surface area (Å²) < 4.78 is 41.1. The Morgan fingerprint density at radius 1 is 1.19 bits per heavy atom. The number of hydrogen-bond acceptors (Lipinski definition) is 12. The van der Waals surface area contributed by atoms with Crippen LogP contribution in [0.2, 0.25) is 0 Å². The van der Waals surface area contributed by atoms with E-state index < -0.39 is 46.9 Å². The minimum Gasteiger partial charge on any atom is -0.714 e. The van der Waals surface area contributed by atoms with Crippen molar-refractivity contribution in [3.05, 3.63) is 0 Å². The zero-order valence-electron chi connectivity index (χ0n) is 14.1. The predicted octanol–water partition coefficient (Wildman–Crippen LogP) is -0.767. The van der Waals surface area contributed by atoms with Gasteiger partial charge in [0, 0.05) is 0 Å². The molecule has 0 bridgehead atoms. The number of oxime groups is 1. The number of rotatable bonds is 10. The van der Waals surface area contributed by atoms with E-state index in [4.69, 9.17) is 4.74 Å². The van der Waals surface area contributed by atoms with Crippen LogP contribution in [-0.2, 0) is 19.4 Å². The van der Waals surface area contributed by atoms with Crippen LogP contribution >= 0.6 is 23.5 Å². The Morgan fingerprint density at radius 2 is 1.88 bits per heavy atom. The molecule has 26 heavy (non-hydrogen) atoms. The fourth-order valence-corrected chi connectivity index (χ4v) is 4.04. The first kappa shape index (κ1) is 23.9. The molecule has 0 aromatic heterocycles. The second-order valence-electron chi connectivity index (χ2n) is 5.59. The van der Waals surface area contributed by atoms with Gasteiger partial charge < -0.3 is 29.7 Å². The van der Waals surface area contributed by atoms with E-state index in [0.29, 0.717) is 6.42 Å². The Kier molecular flexibility index (Phi) is 10.7. The number of ether oxygens (including phenoxy) is 1. The summed E-state index contributed by atoms with van der Waals surface area (Å²) in [4.78, 5) is 0. The molecular weight excluding hydrogens is 410 g/mol. The minimum atomic E-state index is -5.03. The molecule has 13 heteroatoms. The summed E-state index contributed by atoms with van der Waals surface area (Å²) in [7, 11) is -5.03. The molecule has 154 valence electrons. The number of thioether (sulfide) groups is 2. The summed E-state index contributed by atoms with van der Waals surface area (Å²) in [5, 5.41) is 42.2. The molecule has 0 radical (unpaired) electrons. The van der Waals surface area contributed by atoms with Crippen LogP contribution < -0.4 is 0 Å². The van der Waals surface area contributed by atoms with Crippen LogP contribution in [0.25, 0.3) is 0 Å². The maximum Gasteiger partial charge on any atom is 0.284 e. The van der Waals surface area contributed by atoms with Crippen molar-refractivity contribution in [2.75, 3.05) is 18.6 Å². The zero-order chi connectivity index (χ0) is 19.7. The number of hydrogen-bond donors (Lipinski definition) is 4. The van der Waals surface area contributed by atoms with Crippen molar-refractivity contribution < 1.29 is 42.4 Å². The average Bonchev–Trinajstić information content (AvgIpc) is 2.58. The Morgan fingerprint density at radius 3 is 2.46 bits per heavy atom. The highest BCUT2D eigenvalue weighted by atomic mass is 32.3. The standard InChI is InChI=1S/C13H25NO9S3/c1-24-6-4-2-3-5-9(14-23-26(19,20)21)25-13-12(18)11(17)10(16)8(7-15)22-13/h8,10-13,15-18H,2-7H2,1H3,(H,19,20,21)/p-1. The van der Waals surface area contributed by atoms with Gasteiger partial charge in [-0.15, -0.1) is 0 Å². The second kappa shape index (κ2) is 11.7. The van der Waals surface area contributed by atoms with Crippen LogP contribution in [0.1, 0.15) is 25.7 Å². The molecule has 1 fully saturated rings. The second-order valence-corrected chi connectivity index (χ2v) is 8.71. The summed E-state index contributed by atoms with van der Waals surface area (Å²) in [6, 6.07) is 0. The van der Waals surface area contributed by atoms with E-state index in [1.165, 1.54) is 0 Å². The number of aliphatic hydroxyl groups excluding tert-OH is 4. The summed E-state index contributed by atoms with van der Waals surface area (Å²) in [5.41, 5.74) is -1.13. The number of nitrogens with zero attached hydrogens (tertiary/aromatic N) is 1. The Bertz CT molecular complexity index is 543. The molecule has 1 saturated heterocycles. The monoisotopic (exact) mass is 434 g/mol. The van der Waals surface area contributed by atoms with E-state index >= 15 is 0 Å². The molecule has 1 heterocycles. The first-order chi connectivity index (χ1) is 12.2. The summed E-state index contributed by atoms with van der Waals surface area (Å²) in [6.07, 6.45) is -1.02. The van der Waals surface area contributed by atoms with Gasteiger partial charge >= 0.3 is 0 Å². The highest BCUT2D eigenvalue weighted by Crippen LogP contribution is 2.30. The van der Waals surface area contributed by atoms with Gasteiger partial charge in [0.1, 0.15) is 34.9 Å². The summed E-state index contributed by atoms with van der Waals surface area (Å²) >= 11 is 2.46. The first-order valence-electron chi connectivity index (χ1n) is 7.87. The fraction of sp³-hybridized carbons (Fsp3) is 0.923. The van der Waals surface area contributed by atoms with Gasteiger partial charge in [0.2, 0.25) is 0 Å². The molecule has 1 aliphatic heterocycles. The van der Waals surface area contributed by atoms with Crippen LogP contribution in [0.5, 0.6) is 0 Å². The Balaban J connectivity index is 2.76. The lowest BCUT2D eigenvalue weighted by Gasteiger charge is -2.39. The van der Waals surface area contributed by atoms with Gasteiger partial charge in [-0.1, -0.05) is 23.3 Å². The molecule has 0 aromatic rings. The quantitative estimate of drug-likeness (QED) is 0.0850. The lowest BCUT2D eigenvalue weighted by Crippen LogP contribution is -2.57. The Labute approximate surface area is 160 Å². The van der Waals surface area contributed by atoms with Crippen LogP contribution in [0, 0.1) is 0 Å². The summed E-state index contributed by atoms with van der Waals surface area (Å²) in [6.45, 7) is -0.589. The topological polar surface area (TPSA) is 169 Å². The van der Waals surface area contributed by atoms with Crippen molar-refractivity contribution >= 4 is 39.0 Å². The van der Waals surface area contributed by atoms with E-state index in [2.05, 4.69) is 9.44 Å². The predicted molar refractivity (Wildman–Crippen MR) is 96.4 cm³/mol. The van der Waals surface area contributed by atoms with E-state index in [9.17, 15) is 33.4 Å². The molecule has 5 atom stereocenters. The van der Waals surface area contributed by atoms with Crippen LogP contribution in [-0.4, -0.2) is 86.9 Å². The molecule has 5 unspecified atom stereocenters. The molecular formula is C13H24NO9S3-. The van der Waals surface area contributed by atoms with Gasteiger partial charge in [-0.3, -0.25) is 4.28 Å². The van der Waals surface area contributed by atoms with Crippen LogP contribution in [0.4, 0.5) is 0 Å². The molecule has 0 saturated carbocycles. The van der Waals surface area contributed by atoms with E-state index in [-0.39, 0.29) is 11.5 Å². The zero-order valence-corrected chi connectivity index (χ0v) is 16.6. The fourth-order valence-electron chi connectivity index (χ4n) is 2.21. The first-order valence-corrected chi connectivity index (χ1v) is 11.5. The average molecular weight is 435 g/mol. The van der Waals surface area contributed by atoms with E-state index in [1.807, 2.05) is 6.26 Å². The van der Waals surface area contributed by atoms with E-state index in [1.54, 1.807) is 11.8 Å². The van der Waals surface area contributed by atoms with E-state index in [0.717, 1.165) is 30.4 Å². The number of unbranched alkanes of at least 4 members (excludes halogenated alkanes) is 2. The normalized spacial score (nSPS) is 30.4. The van der Waals surface area contributed by atoms with Crippen molar-refractivity contribution in [1.29, 1.82) is 0 Å². The highest BCUT2D eigenvalue weighted by molar-refractivity contribution is 8.14. The van der Waals surface area contributed by atoms with Crippen LogP contribution in [0.15, 0.2) is 5.16 Å². The third-order valence-corrected chi connectivity index (χ3v) is 5.70. The maximum absolute atomic E-state index is 10.6. The molecule has 0 amide bonds. The van der Waals surface area contributed by atoms with Crippen molar-refractivity contribution in [1.82, 2.24) is 0 Å². The van der Waals surface area contributed by atoms with Crippen molar-refractivity contribution in [3.8, 4) is 0 Å². The smallest absolute Gasteiger partial charge is 0.284 e. The molecule has 0 aromatic carbocycles. The highest BCUT2D eigenvalue weighted by Gasteiger charge is 2.44. The molecule has 0 aliphatic carbocycles. The maximum atomic E-state index is 10.6. The van der Waals surface area contributed by atoms with Gasteiger partial charge in [-0.05, 0) is 31.3 Å². The van der Waals surface area contributed by atoms with Crippen molar-refractivity contribution in [2.24, 2.45) is 5.16 Å². The lowest BCUT2D eigenvalue weighted by molar-refractivity contribution is -0.205. The molecule has 0 spiro atoms. The van der Waals surface area contributed by atoms with Gasteiger partial charge in [-0.25, -0.2) is 0 Å². The summed E-state index contributed by atoms with van der Waals surface area (Å²) in [5.74, 6) is 0.970. The van der Waals surface area contributed by atoms with Gasteiger partial charge in [0.25, 0.3) is 10.4 Å². The minimum absolute atomic E-state index is 0.0814. The molecule has 1 aliphatic rings. The molecule has 10 nitrogen and oxygen atoms in total. The van der Waals surface area contributed by atoms with Crippen molar-refractivity contribution in [2.45, 2.75) is 55.5 Å². The number of aliphatic hydroxyl groups is 4. The third-order valence-electron chi connectivity index (χ3n) is 3.57. The third kappa shape index (κ3) is 8.27. The molecule has 1 rings (SSSR count). The van der Waals surface area contributed by atoms with Crippen molar-refractivity contribution in [3.63, 3.8) is 0 Å². The van der Waals surface area contributed by atoms with Gasteiger partial charge in [0.15, 0.2) is 0 Å². The molecule has 4 N–H and O–H groups in total. The van der Waals surface area contributed by atoms with Gasteiger partial charge in [-0.2, -0.15) is 20.2 Å². The largest absolute Gasteiger partial charge is 0.714 e. The van der Waals surface area contributed by atoms with Gasteiger partial charge in [0.05, 0.1) is 6.61 Å². The van der Waals surface area contributed by atoms with Crippen LogP contribution in [0.3, 0.4) is 0 Å². The lowest BCUT2D eigenvalue weighted by atomic mass is 10.0. The SMILES string of the molecule is CSCCCCCC(=NOS(=O)(=O)[O-])SC1OC(CO)C(O)C(O)C1O.